The molecule has 17 heavy (non-hydrogen) atoms. The van der Waals surface area contributed by atoms with Crippen LogP contribution in [0.4, 0.5) is 0 Å². The summed E-state index contributed by atoms with van der Waals surface area (Å²) in [5.41, 5.74) is -1.34. The van der Waals surface area contributed by atoms with Crippen LogP contribution in [0.2, 0.25) is 0 Å². The van der Waals surface area contributed by atoms with Crippen molar-refractivity contribution in [3.63, 3.8) is 0 Å². The fourth-order valence-corrected chi connectivity index (χ4v) is 1.98. The molecule has 0 aliphatic carbocycles. The fraction of sp³-hybridized carbons (Fsp3) is 0.800. The van der Waals surface area contributed by atoms with Crippen LogP contribution in [-0.2, 0) is 19.8 Å². The van der Waals surface area contributed by atoms with Crippen LogP contribution in [0.1, 0.15) is 18.1 Å². The Labute approximate surface area is 98.7 Å². The molecule has 1 aromatic rings. The first-order valence-corrected chi connectivity index (χ1v) is 5.32. The minimum atomic E-state index is -1.34. The van der Waals surface area contributed by atoms with Crippen LogP contribution < -0.4 is 0 Å². The number of aryl methyl sites for hydroxylation is 1. The third-order valence-electron chi connectivity index (χ3n) is 2.88. The zero-order valence-electron chi connectivity index (χ0n) is 10.0. The van der Waals surface area contributed by atoms with Crippen molar-refractivity contribution < 1.29 is 23.8 Å². The Kier molecular flexibility index (Phi) is 3.43. The summed E-state index contributed by atoms with van der Waals surface area (Å²) in [6.45, 7) is 2.05. The lowest BCUT2D eigenvalue weighted by atomic mass is 9.94. The molecule has 0 spiro atoms. The quantitative estimate of drug-likeness (QED) is 0.744. The number of hydrogen-bond acceptors (Lipinski definition) is 7. The zero-order chi connectivity index (χ0) is 12.5. The van der Waals surface area contributed by atoms with Crippen LogP contribution in [0.3, 0.4) is 0 Å². The van der Waals surface area contributed by atoms with Crippen LogP contribution in [0.15, 0.2) is 4.52 Å². The van der Waals surface area contributed by atoms with Gasteiger partial charge in [-0.05, 0) is 0 Å². The Balaban J connectivity index is 2.28. The van der Waals surface area contributed by atoms with E-state index in [1.807, 2.05) is 0 Å². The van der Waals surface area contributed by atoms with Crippen LogP contribution in [0, 0.1) is 6.92 Å². The van der Waals surface area contributed by atoms with E-state index in [0.29, 0.717) is 18.9 Å². The second-order valence-corrected chi connectivity index (χ2v) is 3.94. The molecule has 1 fully saturated rings. The largest absolute Gasteiger partial charge is 0.379 e. The summed E-state index contributed by atoms with van der Waals surface area (Å²) in [5, 5.41) is 14.3. The number of ether oxygens (including phenoxy) is 3. The lowest BCUT2D eigenvalue weighted by Gasteiger charge is -2.29. The van der Waals surface area contributed by atoms with E-state index in [9.17, 15) is 5.11 Å². The Hall–Kier alpha value is -1.02. The summed E-state index contributed by atoms with van der Waals surface area (Å²) in [6.07, 6.45) is -0.976. The van der Waals surface area contributed by atoms with Crippen molar-refractivity contribution in [1.82, 2.24) is 10.1 Å². The molecule has 0 bridgehead atoms. The Bertz CT molecular complexity index is 379. The van der Waals surface area contributed by atoms with E-state index in [4.69, 9.17) is 18.7 Å². The highest BCUT2D eigenvalue weighted by atomic mass is 16.7. The van der Waals surface area contributed by atoms with E-state index < -0.39 is 18.0 Å². The number of aliphatic hydroxyl groups is 1. The molecule has 0 radical (unpaired) electrons. The van der Waals surface area contributed by atoms with Gasteiger partial charge < -0.3 is 23.8 Å². The van der Waals surface area contributed by atoms with Crippen molar-refractivity contribution in [3.8, 4) is 0 Å². The van der Waals surface area contributed by atoms with Gasteiger partial charge in [0.2, 0.25) is 11.7 Å². The molecule has 2 atom stereocenters. The molecule has 0 saturated carbocycles. The van der Waals surface area contributed by atoms with Crippen molar-refractivity contribution in [1.29, 1.82) is 0 Å². The molecule has 0 amide bonds. The van der Waals surface area contributed by atoms with Gasteiger partial charge in [-0.1, -0.05) is 5.16 Å². The molecule has 1 saturated heterocycles. The van der Waals surface area contributed by atoms with Crippen LogP contribution in [0.25, 0.3) is 0 Å². The maximum Gasteiger partial charge on any atom is 0.223 e. The van der Waals surface area contributed by atoms with Crippen molar-refractivity contribution in [2.24, 2.45) is 0 Å². The normalized spacial score (nSPS) is 29.1. The van der Waals surface area contributed by atoms with E-state index in [0.717, 1.165) is 0 Å². The number of hydrogen-bond donors (Lipinski definition) is 1. The summed E-state index contributed by atoms with van der Waals surface area (Å²) in [6, 6.07) is 0. The van der Waals surface area contributed by atoms with Crippen molar-refractivity contribution >= 4 is 0 Å². The van der Waals surface area contributed by atoms with Crippen molar-refractivity contribution in [2.75, 3.05) is 20.8 Å². The van der Waals surface area contributed by atoms with Gasteiger partial charge in [0.25, 0.3) is 0 Å². The van der Waals surface area contributed by atoms with E-state index in [1.165, 1.54) is 14.2 Å². The van der Waals surface area contributed by atoms with Gasteiger partial charge in [-0.2, -0.15) is 4.98 Å². The SMILES string of the molecule is COC(OC)[C@@H]1OCC[C@@]1(O)c1noc(C)n1. The highest BCUT2D eigenvalue weighted by molar-refractivity contribution is 5.08. The van der Waals surface area contributed by atoms with Gasteiger partial charge in [0.15, 0.2) is 11.9 Å². The highest BCUT2D eigenvalue weighted by Crippen LogP contribution is 2.36. The smallest absolute Gasteiger partial charge is 0.223 e. The molecule has 7 heteroatoms. The van der Waals surface area contributed by atoms with E-state index in [1.54, 1.807) is 6.92 Å². The van der Waals surface area contributed by atoms with Crippen LogP contribution in [-0.4, -0.2) is 48.5 Å². The maximum absolute atomic E-state index is 10.6. The van der Waals surface area contributed by atoms with Gasteiger partial charge >= 0.3 is 0 Å². The predicted molar refractivity (Wildman–Crippen MR) is 55.1 cm³/mol. The van der Waals surface area contributed by atoms with E-state index in [-0.39, 0.29) is 5.82 Å². The summed E-state index contributed by atoms with van der Waals surface area (Å²) in [4.78, 5) is 4.05. The average Bonchev–Trinajstić information content (AvgIpc) is 2.89. The molecule has 96 valence electrons. The monoisotopic (exact) mass is 244 g/mol. The fourth-order valence-electron chi connectivity index (χ4n) is 1.98. The lowest BCUT2D eigenvalue weighted by molar-refractivity contribution is -0.210. The summed E-state index contributed by atoms with van der Waals surface area (Å²) in [7, 11) is 2.97. The zero-order valence-corrected chi connectivity index (χ0v) is 10.0. The maximum atomic E-state index is 10.6. The standard InChI is InChI=1S/C10H16N2O5/c1-6-11-9(12-17-6)10(13)4-5-16-7(10)8(14-2)15-3/h7-8,13H,4-5H2,1-3H3/t7-,10-/m0/s1. The first-order chi connectivity index (χ1) is 8.11. The summed E-state index contributed by atoms with van der Waals surface area (Å²) < 4.78 is 20.6. The minimum Gasteiger partial charge on any atom is -0.379 e. The number of rotatable bonds is 4. The van der Waals surface area contributed by atoms with Gasteiger partial charge in [0.1, 0.15) is 6.10 Å². The van der Waals surface area contributed by atoms with Gasteiger partial charge in [0.05, 0.1) is 6.61 Å². The minimum absolute atomic E-state index is 0.205. The second-order valence-electron chi connectivity index (χ2n) is 3.94. The highest BCUT2D eigenvalue weighted by Gasteiger charge is 2.51. The molecular weight excluding hydrogens is 228 g/mol. The Morgan fingerprint density at radius 3 is 2.71 bits per heavy atom. The van der Waals surface area contributed by atoms with Crippen LogP contribution in [0.5, 0.6) is 0 Å². The molecule has 2 heterocycles. The Morgan fingerprint density at radius 2 is 2.18 bits per heavy atom. The van der Waals surface area contributed by atoms with Crippen LogP contribution >= 0.6 is 0 Å². The van der Waals surface area contributed by atoms with Gasteiger partial charge in [-0.3, -0.25) is 0 Å². The molecule has 2 rings (SSSR count). The van der Waals surface area contributed by atoms with Crippen molar-refractivity contribution in [3.05, 3.63) is 11.7 Å². The molecule has 0 unspecified atom stereocenters. The molecule has 1 aliphatic heterocycles. The number of aromatic nitrogens is 2. The average molecular weight is 244 g/mol. The van der Waals surface area contributed by atoms with Gasteiger partial charge in [-0.15, -0.1) is 0 Å². The van der Waals surface area contributed by atoms with Gasteiger partial charge in [0, 0.05) is 27.6 Å². The first kappa shape index (κ1) is 12.4. The predicted octanol–water partition coefficient (Wildman–Crippen LogP) is -0.0266. The van der Waals surface area contributed by atoms with E-state index in [2.05, 4.69) is 10.1 Å². The first-order valence-electron chi connectivity index (χ1n) is 5.32. The van der Waals surface area contributed by atoms with Gasteiger partial charge in [-0.25, -0.2) is 0 Å². The van der Waals surface area contributed by atoms with Crippen molar-refractivity contribution in [2.45, 2.75) is 31.3 Å². The third kappa shape index (κ3) is 2.06. The summed E-state index contributed by atoms with van der Waals surface area (Å²) in [5.74, 6) is 0.599. The Morgan fingerprint density at radius 1 is 1.47 bits per heavy atom. The second kappa shape index (κ2) is 4.69. The molecule has 7 nitrogen and oxygen atoms in total. The lowest BCUT2D eigenvalue weighted by Crippen LogP contribution is -2.45. The number of methoxy groups -OCH3 is 2. The third-order valence-corrected chi connectivity index (χ3v) is 2.88. The molecule has 0 aromatic carbocycles. The molecule has 1 N–H and O–H groups in total. The topological polar surface area (TPSA) is 86.8 Å². The molecule has 1 aliphatic rings. The van der Waals surface area contributed by atoms with E-state index >= 15 is 0 Å². The summed E-state index contributed by atoms with van der Waals surface area (Å²) >= 11 is 0. The molecular formula is C10H16N2O5. The molecule has 1 aromatic heterocycles. The number of nitrogens with zero attached hydrogens (tertiary/aromatic N) is 2.